The predicted molar refractivity (Wildman–Crippen MR) is 43.8 cm³/mol. The maximum absolute atomic E-state index is 11.8. The van der Waals surface area contributed by atoms with Crippen molar-refractivity contribution in [3.63, 3.8) is 0 Å². The number of Topliss-reactive ketones (excluding diaryl/α,β-unsaturated/α-hetero) is 1. The van der Waals surface area contributed by atoms with E-state index in [0.717, 1.165) is 25.9 Å². The summed E-state index contributed by atoms with van der Waals surface area (Å²) >= 11 is 0. The van der Waals surface area contributed by atoms with Crippen LogP contribution in [0.15, 0.2) is 0 Å². The molecule has 0 bridgehead atoms. The quantitative estimate of drug-likeness (QED) is 0.545. The number of hydrogen-bond acceptors (Lipinski definition) is 2. The third-order valence-electron chi connectivity index (χ3n) is 3.96. The van der Waals surface area contributed by atoms with Crippen LogP contribution in [0.25, 0.3) is 0 Å². The van der Waals surface area contributed by atoms with Crippen molar-refractivity contribution in [1.29, 1.82) is 0 Å². The lowest BCUT2D eigenvalue weighted by Gasteiger charge is -2.47. The minimum atomic E-state index is 0.0150. The number of carbonyl (C=O) groups is 1. The molecule has 1 aliphatic heterocycles. The second-order valence-corrected chi connectivity index (χ2v) is 4.41. The van der Waals surface area contributed by atoms with Gasteiger partial charge in [-0.2, -0.15) is 0 Å². The summed E-state index contributed by atoms with van der Waals surface area (Å²) in [5.41, 5.74) is 0.0150. The molecule has 2 heteroatoms. The number of fused-ring (bicyclic) bond motifs is 2. The lowest BCUT2D eigenvalue weighted by molar-refractivity contribution is -0.163. The molecule has 66 valence electrons. The van der Waals surface area contributed by atoms with E-state index in [4.69, 9.17) is 4.74 Å². The van der Waals surface area contributed by atoms with Gasteiger partial charge in [0.1, 0.15) is 5.78 Å². The standard InChI is InChI=1S/C10H14O2/c11-8-7-3-6-12-9(7)10(8)4-1-2-5-10/h7,9H,1-6H2/t7-,9-/m1/s1. The van der Waals surface area contributed by atoms with Crippen molar-refractivity contribution < 1.29 is 9.53 Å². The third-order valence-corrected chi connectivity index (χ3v) is 3.96. The van der Waals surface area contributed by atoms with Crippen LogP contribution in [0.5, 0.6) is 0 Å². The summed E-state index contributed by atoms with van der Waals surface area (Å²) in [4.78, 5) is 11.8. The van der Waals surface area contributed by atoms with Crippen LogP contribution in [0.1, 0.15) is 32.1 Å². The van der Waals surface area contributed by atoms with Gasteiger partial charge in [0.15, 0.2) is 0 Å². The summed E-state index contributed by atoms with van der Waals surface area (Å²) < 4.78 is 5.64. The second-order valence-electron chi connectivity index (χ2n) is 4.41. The SMILES string of the molecule is O=C1[C@H]2CCO[C@H]2C12CCCC2. The van der Waals surface area contributed by atoms with E-state index in [0.29, 0.717) is 17.8 Å². The molecule has 0 radical (unpaired) electrons. The monoisotopic (exact) mass is 166 g/mol. The highest BCUT2D eigenvalue weighted by Crippen LogP contribution is 2.57. The Morgan fingerprint density at radius 3 is 2.83 bits per heavy atom. The van der Waals surface area contributed by atoms with Gasteiger partial charge >= 0.3 is 0 Å². The molecule has 0 aromatic heterocycles. The summed E-state index contributed by atoms with van der Waals surface area (Å²) in [7, 11) is 0. The Balaban J connectivity index is 1.92. The molecule has 12 heavy (non-hydrogen) atoms. The van der Waals surface area contributed by atoms with Gasteiger partial charge in [0.05, 0.1) is 11.5 Å². The number of ether oxygens (including phenoxy) is 1. The molecule has 0 unspecified atom stereocenters. The van der Waals surface area contributed by atoms with E-state index in [9.17, 15) is 4.79 Å². The van der Waals surface area contributed by atoms with E-state index in [1.165, 1.54) is 12.8 Å². The maximum atomic E-state index is 11.8. The van der Waals surface area contributed by atoms with Crippen LogP contribution in [0.2, 0.25) is 0 Å². The number of hydrogen-bond donors (Lipinski definition) is 0. The van der Waals surface area contributed by atoms with Crippen LogP contribution < -0.4 is 0 Å². The fraction of sp³-hybridized carbons (Fsp3) is 0.900. The van der Waals surface area contributed by atoms with E-state index in [2.05, 4.69) is 0 Å². The summed E-state index contributed by atoms with van der Waals surface area (Å²) in [5, 5.41) is 0. The predicted octanol–water partition coefficient (Wildman–Crippen LogP) is 1.53. The van der Waals surface area contributed by atoms with E-state index < -0.39 is 0 Å². The van der Waals surface area contributed by atoms with E-state index in [1.807, 2.05) is 0 Å². The molecule has 1 saturated heterocycles. The average molecular weight is 166 g/mol. The van der Waals surface area contributed by atoms with Gasteiger partial charge in [-0.25, -0.2) is 0 Å². The molecule has 2 aliphatic carbocycles. The van der Waals surface area contributed by atoms with Crippen molar-refractivity contribution in [2.24, 2.45) is 11.3 Å². The zero-order chi connectivity index (χ0) is 8.18. The van der Waals surface area contributed by atoms with Gasteiger partial charge in [0.2, 0.25) is 0 Å². The van der Waals surface area contributed by atoms with Crippen molar-refractivity contribution in [3.05, 3.63) is 0 Å². The van der Waals surface area contributed by atoms with E-state index in [1.54, 1.807) is 0 Å². The molecule has 2 atom stereocenters. The lowest BCUT2D eigenvalue weighted by Crippen LogP contribution is -2.58. The van der Waals surface area contributed by atoms with Crippen LogP contribution in [-0.2, 0) is 9.53 Å². The van der Waals surface area contributed by atoms with Gasteiger partial charge in [-0.1, -0.05) is 12.8 Å². The first-order valence-corrected chi connectivity index (χ1v) is 5.00. The molecule has 3 rings (SSSR count). The van der Waals surface area contributed by atoms with Crippen LogP contribution in [0.4, 0.5) is 0 Å². The molecule has 1 heterocycles. The van der Waals surface area contributed by atoms with Crippen LogP contribution in [0.3, 0.4) is 0 Å². The number of carbonyl (C=O) groups excluding carboxylic acids is 1. The molecule has 0 amide bonds. The largest absolute Gasteiger partial charge is 0.376 e. The fourth-order valence-electron chi connectivity index (χ4n) is 3.35. The molecule has 2 nitrogen and oxygen atoms in total. The van der Waals surface area contributed by atoms with Crippen molar-refractivity contribution in [3.8, 4) is 0 Å². The van der Waals surface area contributed by atoms with Crippen LogP contribution >= 0.6 is 0 Å². The molecule has 2 saturated carbocycles. The normalized spacial score (nSPS) is 43.2. The highest BCUT2D eigenvalue weighted by Gasteiger charge is 2.64. The van der Waals surface area contributed by atoms with Gasteiger partial charge in [-0.05, 0) is 19.3 Å². The first-order chi connectivity index (χ1) is 5.84. The Morgan fingerprint density at radius 2 is 2.08 bits per heavy atom. The Bertz CT molecular complexity index is 228. The zero-order valence-corrected chi connectivity index (χ0v) is 7.21. The summed E-state index contributed by atoms with van der Waals surface area (Å²) in [6, 6.07) is 0. The maximum Gasteiger partial charge on any atom is 0.147 e. The highest BCUT2D eigenvalue weighted by molar-refractivity contribution is 5.95. The smallest absolute Gasteiger partial charge is 0.147 e. The first-order valence-electron chi connectivity index (χ1n) is 5.00. The van der Waals surface area contributed by atoms with Gasteiger partial charge in [-0.3, -0.25) is 4.79 Å². The fourth-order valence-corrected chi connectivity index (χ4v) is 3.35. The molecular formula is C10H14O2. The Hall–Kier alpha value is -0.370. The van der Waals surface area contributed by atoms with Crippen molar-refractivity contribution in [2.45, 2.75) is 38.2 Å². The molecule has 0 aromatic carbocycles. The van der Waals surface area contributed by atoms with Crippen molar-refractivity contribution in [1.82, 2.24) is 0 Å². The summed E-state index contributed by atoms with van der Waals surface area (Å²) in [6.45, 7) is 0.822. The number of rotatable bonds is 0. The topological polar surface area (TPSA) is 26.3 Å². The first kappa shape index (κ1) is 7.07. The van der Waals surface area contributed by atoms with Crippen molar-refractivity contribution >= 4 is 5.78 Å². The molecule has 0 aromatic rings. The van der Waals surface area contributed by atoms with Gasteiger partial charge < -0.3 is 4.74 Å². The summed E-state index contributed by atoms with van der Waals surface area (Å²) in [6.07, 6.45) is 5.99. The molecule has 1 spiro atoms. The number of ketones is 1. The van der Waals surface area contributed by atoms with Crippen LogP contribution in [-0.4, -0.2) is 18.5 Å². The Kier molecular flexibility index (Phi) is 1.24. The molecule has 0 N–H and O–H groups in total. The molecular weight excluding hydrogens is 152 g/mol. The Labute approximate surface area is 72.3 Å². The average Bonchev–Trinajstić information content (AvgIpc) is 2.72. The van der Waals surface area contributed by atoms with E-state index >= 15 is 0 Å². The highest BCUT2D eigenvalue weighted by atomic mass is 16.5. The van der Waals surface area contributed by atoms with Crippen LogP contribution in [0, 0.1) is 11.3 Å². The van der Waals surface area contributed by atoms with E-state index in [-0.39, 0.29) is 5.41 Å². The Morgan fingerprint density at radius 1 is 1.33 bits per heavy atom. The minimum absolute atomic E-state index is 0.0150. The van der Waals surface area contributed by atoms with Crippen molar-refractivity contribution in [2.75, 3.05) is 6.61 Å². The molecule has 3 fully saturated rings. The second kappa shape index (κ2) is 2.11. The van der Waals surface area contributed by atoms with Gasteiger partial charge in [-0.15, -0.1) is 0 Å². The molecule has 3 aliphatic rings. The van der Waals surface area contributed by atoms with Gasteiger partial charge in [0.25, 0.3) is 0 Å². The van der Waals surface area contributed by atoms with Gasteiger partial charge in [0, 0.05) is 12.5 Å². The lowest BCUT2D eigenvalue weighted by atomic mass is 9.57. The summed E-state index contributed by atoms with van der Waals surface area (Å²) in [5.74, 6) is 0.825. The zero-order valence-electron chi connectivity index (χ0n) is 7.21. The third kappa shape index (κ3) is 0.598. The minimum Gasteiger partial charge on any atom is -0.376 e.